The van der Waals surface area contributed by atoms with E-state index in [0.29, 0.717) is 37.7 Å². The molecule has 0 spiro atoms. The van der Waals surface area contributed by atoms with E-state index in [-0.39, 0.29) is 18.2 Å². The Morgan fingerprint density at radius 3 is 2.45 bits per heavy atom. The number of rotatable bonds is 7. The van der Waals surface area contributed by atoms with Gasteiger partial charge in [-0.15, -0.1) is 0 Å². The average Bonchev–Trinajstić information content (AvgIpc) is 2.74. The van der Waals surface area contributed by atoms with Gasteiger partial charge in [-0.05, 0) is 24.3 Å². The number of carbonyl (C=O) groups is 1. The molecular weight excluding hydrogens is 392 g/mol. The van der Waals surface area contributed by atoms with Gasteiger partial charge in [-0.3, -0.25) is 4.79 Å². The van der Waals surface area contributed by atoms with Crippen LogP contribution >= 0.6 is 0 Å². The molecule has 0 atom stereocenters. The molecule has 156 valence electrons. The Morgan fingerprint density at radius 1 is 1.10 bits per heavy atom. The summed E-state index contributed by atoms with van der Waals surface area (Å²) < 4.78 is 26.7. The second-order valence-electron chi connectivity index (χ2n) is 6.95. The number of sulfonamides is 1. The minimum absolute atomic E-state index is 0.0649. The summed E-state index contributed by atoms with van der Waals surface area (Å²) in [4.78, 5) is 24.6. The predicted octanol–water partition coefficient (Wildman–Crippen LogP) is 0.424. The van der Waals surface area contributed by atoms with E-state index < -0.39 is 10.0 Å². The molecule has 1 N–H and O–H groups in total. The third-order valence-electron chi connectivity index (χ3n) is 4.74. The molecule has 9 nitrogen and oxygen atoms in total. The van der Waals surface area contributed by atoms with E-state index in [0.717, 1.165) is 5.69 Å². The lowest BCUT2D eigenvalue weighted by Gasteiger charge is -2.33. The van der Waals surface area contributed by atoms with Crippen LogP contribution in [0.15, 0.2) is 42.7 Å². The smallest absolute Gasteiger partial charge is 0.251 e. The lowest BCUT2D eigenvalue weighted by atomic mass is 10.2. The summed E-state index contributed by atoms with van der Waals surface area (Å²) in [5.74, 6) is 0.195. The van der Waals surface area contributed by atoms with Gasteiger partial charge in [0, 0.05) is 70.5 Å². The summed E-state index contributed by atoms with van der Waals surface area (Å²) in [6, 6.07) is 8.93. The van der Waals surface area contributed by atoms with Crippen LogP contribution in [-0.2, 0) is 10.0 Å². The largest absolute Gasteiger partial charge is 0.378 e. The summed E-state index contributed by atoms with van der Waals surface area (Å²) in [5.41, 5.74) is 1.41. The monoisotopic (exact) mass is 418 g/mol. The number of amides is 1. The molecule has 1 saturated heterocycles. The van der Waals surface area contributed by atoms with Crippen LogP contribution in [-0.4, -0.2) is 81.2 Å². The van der Waals surface area contributed by atoms with Gasteiger partial charge in [0.25, 0.3) is 5.91 Å². The Bertz CT molecular complexity index is 928. The molecule has 1 fully saturated rings. The Hall–Kier alpha value is -2.72. The van der Waals surface area contributed by atoms with Gasteiger partial charge in [0.05, 0.1) is 5.75 Å². The number of piperazine rings is 1. The molecule has 0 radical (unpaired) electrons. The molecule has 1 aromatic heterocycles. The molecule has 0 aliphatic carbocycles. The van der Waals surface area contributed by atoms with Crippen molar-refractivity contribution in [2.75, 3.05) is 62.4 Å². The zero-order chi connectivity index (χ0) is 20.9. The number of hydrogen-bond donors (Lipinski definition) is 1. The highest BCUT2D eigenvalue weighted by Gasteiger charge is 2.27. The van der Waals surface area contributed by atoms with Crippen molar-refractivity contribution in [1.29, 1.82) is 0 Å². The van der Waals surface area contributed by atoms with Crippen molar-refractivity contribution in [1.82, 2.24) is 19.6 Å². The Morgan fingerprint density at radius 2 is 1.79 bits per heavy atom. The van der Waals surface area contributed by atoms with E-state index in [9.17, 15) is 13.2 Å². The fraction of sp³-hybridized carbons (Fsp3) is 0.421. The van der Waals surface area contributed by atoms with Crippen molar-refractivity contribution >= 4 is 27.6 Å². The van der Waals surface area contributed by atoms with Crippen LogP contribution in [0.1, 0.15) is 10.4 Å². The molecule has 1 aliphatic heterocycles. The first-order valence-corrected chi connectivity index (χ1v) is 11.0. The van der Waals surface area contributed by atoms with Crippen LogP contribution in [0.4, 0.5) is 11.6 Å². The molecule has 3 rings (SSSR count). The molecule has 0 saturated carbocycles. The second kappa shape index (κ2) is 9.19. The Kier molecular flexibility index (Phi) is 6.65. The molecule has 0 bridgehead atoms. The highest BCUT2D eigenvalue weighted by atomic mass is 32.2. The fourth-order valence-corrected chi connectivity index (χ4v) is 4.41. The minimum atomic E-state index is -3.45. The topological polar surface area (TPSA) is 98.7 Å². The maximum Gasteiger partial charge on any atom is 0.251 e. The van der Waals surface area contributed by atoms with Gasteiger partial charge in [-0.1, -0.05) is 6.07 Å². The van der Waals surface area contributed by atoms with Gasteiger partial charge < -0.3 is 15.1 Å². The maximum absolute atomic E-state index is 12.6. The first-order valence-electron chi connectivity index (χ1n) is 9.42. The SMILES string of the molecule is CN(C)c1cccc(C(=O)NCCS(=O)(=O)N2CCN(c3ncccn3)CC2)c1. The van der Waals surface area contributed by atoms with Crippen molar-refractivity contribution in [2.45, 2.75) is 0 Å². The molecule has 1 aromatic carbocycles. The number of anilines is 2. The fourth-order valence-electron chi connectivity index (χ4n) is 3.07. The standard InChI is InChI=1S/C19H26N6O3S/c1-23(2)17-6-3-5-16(15-17)18(26)20-9-14-29(27,28)25-12-10-24(11-13-25)19-21-7-4-8-22-19/h3-8,15H,9-14H2,1-2H3,(H,20,26). The third kappa shape index (κ3) is 5.42. The van der Waals surface area contributed by atoms with Gasteiger partial charge in [0.1, 0.15) is 0 Å². The summed E-state index contributed by atoms with van der Waals surface area (Å²) in [7, 11) is 0.347. The Balaban J connectivity index is 1.49. The summed E-state index contributed by atoms with van der Waals surface area (Å²) in [6.07, 6.45) is 3.34. The number of nitrogens with one attached hydrogen (secondary N) is 1. The molecule has 29 heavy (non-hydrogen) atoms. The highest BCUT2D eigenvalue weighted by molar-refractivity contribution is 7.89. The van der Waals surface area contributed by atoms with E-state index in [1.807, 2.05) is 30.0 Å². The van der Waals surface area contributed by atoms with Crippen molar-refractivity contribution in [3.8, 4) is 0 Å². The number of carbonyl (C=O) groups excluding carboxylic acids is 1. The van der Waals surface area contributed by atoms with Crippen LogP contribution in [0.25, 0.3) is 0 Å². The van der Waals surface area contributed by atoms with Crippen molar-refractivity contribution in [3.05, 3.63) is 48.3 Å². The molecule has 10 heteroatoms. The van der Waals surface area contributed by atoms with Crippen LogP contribution in [0.2, 0.25) is 0 Å². The molecule has 1 amide bonds. The van der Waals surface area contributed by atoms with Crippen LogP contribution < -0.4 is 15.1 Å². The molecule has 2 aromatic rings. The number of aromatic nitrogens is 2. The quantitative estimate of drug-likeness (QED) is 0.696. The van der Waals surface area contributed by atoms with E-state index in [1.165, 1.54) is 4.31 Å². The third-order valence-corrected chi connectivity index (χ3v) is 6.61. The maximum atomic E-state index is 12.6. The summed E-state index contributed by atoms with van der Waals surface area (Å²) >= 11 is 0. The minimum Gasteiger partial charge on any atom is -0.378 e. The van der Waals surface area contributed by atoms with Gasteiger partial charge in [0.15, 0.2) is 0 Å². The highest BCUT2D eigenvalue weighted by Crippen LogP contribution is 2.14. The van der Waals surface area contributed by atoms with Crippen LogP contribution in [0.3, 0.4) is 0 Å². The zero-order valence-electron chi connectivity index (χ0n) is 16.7. The molecule has 0 unspecified atom stereocenters. The second-order valence-corrected chi connectivity index (χ2v) is 9.04. The lowest BCUT2D eigenvalue weighted by Crippen LogP contribution is -2.50. The van der Waals surface area contributed by atoms with Crippen molar-refractivity contribution in [2.24, 2.45) is 0 Å². The van der Waals surface area contributed by atoms with E-state index in [1.54, 1.807) is 36.7 Å². The zero-order valence-corrected chi connectivity index (χ0v) is 17.5. The molecule has 1 aliphatic rings. The predicted molar refractivity (Wildman–Crippen MR) is 113 cm³/mol. The normalized spacial score (nSPS) is 15.2. The van der Waals surface area contributed by atoms with E-state index in [2.05, 4.69) is 15.3 Å². The van der Waals surface area contributed by atoms with Crippen molar-refractivity contribution < 1.29 is 13.2 Å². The Labute approximate surface area is 171 Å². The molecular formula is C19H26N6O3S. The first kappa shape index (κ1) is 21.0. The number of nitrogens with zero attached hydrogens (tertiary/aromatic N) is 5. The summed E-state index contributed by atoms with van der Waals surface area (Å²) in [6.45, 7) is 1.88. The number of hydrogen-bond acceptors (Lipinski definition) is 7. The summed E-state index contributed by atoms with van der Waals surface area (Å²) in [5, 5.41) is 2.70. The molecule has 2 heterocycles. The van der Waals surface area contributed by atoms with Crippen LogP contribution in [0, 0.1) is 0 Å². The van der Waals surface area contributed by atoms with Crippen molar-refractivity contribution in [3.63, 3.8) is 0 Å². The van der Waals surface area contributed by atoms with E-state index in [4.69, 9.17) is 0 Å². The lowest BCUT2D eigenvalue weighted by molar-refractivity contribution is 0.0956. The van der Waals surface area contributed by atoms with Gasteiger partial charge in [-0.25, -0.2) is 18.4 Å². The average molecular weight is 419 g/mol. The first-order chi connectivity index (χ1) is 13.9. The van der Waals surface area contributed by atoms with Gasteiger partial charge in [-0.2, -0.15) is 4.31 Å². The number of benzene rings is 1. The van der Waals surface area contributed by atoms with Crippen LogP contribution in [0.5, 0.6) is 0 Å². The van der Waals surface area contributed by atoms with Gasteiger partial charge in [0.2, 0.25) is 16.0 Å². The van der Waals surface area contributed by atoms with E-state index >= 15 is 0 Å². The van der Waals surface area contributed by atoms with Gasteiger partial charge >= 0.3 is 0 Å².